The summed E-state index contributed by atoms with van der Waals surface area (Å²) in [6.45, 7) is 3.95. The van der Waals surface area contributed by atoms with Gasteiger partial charge in [-0.15, -0.1) is 0 Å². The highest BCUT2D eigenvalue weighted by Gasteiger charge is 2.06. The van der Waals surface area contributed by atoms with Crippen molar-refractivity contribution < 1.29 is 0 Å². The van der Waals surface area contributed by atoms with Crippen LogP contribution in [0.3, 0.4) is 0 Å². The Hall–Kier alpha value is -2.14. The molecule has 2 N–H and O–H groups in total. The van der Waals surface area contributed by atoms with E-state index in [-0.39, 0.29) is 6.04 Å². The van der Waals surface area contributed by atoms with Gasteiger partial charge in [-0.3, -0.25) is 0 Å². The number of hydrogen-bond donors (Lipinski definition) is 2. The molecule has 2 rings (SSSR count). The second-order valence-corrected chi connectivity index (χ2v) is 5.30. The van der Waals surface area contributed by atoms with Crippen LogP contribution < -0.4 is 10.6 Å². The molecule has 112 valence electrons. The van der Waals surface area contributed by atoms with Crippen LogP contribution in [0.25, 0.3) is 0 Å². The maximum atomic E-state index is 4.28. The Balaban J connectivity index is 1.94. The predicted octanol–water partition coefficient (Wildman–Crippen LogP) is 2.62. The standard InChI is InChI=1S/C16H23N5/c1-13(14-7-5-4-6-8-14)20-16-11-15(18-12-19-16)17-9-10-21(2)3/h4-8,11-13H,9-10H2,1-3H3,(H2,17,18,19,20). The van der Waals surface area contributed by atoms with Crippen LogP contribution in [0.4, 0.5) is 11.6 Å². The van der Waals surface area contributed by atoms with Crippen molar-refractivity contribution in [2.75, 3.05) is 37.8 Å². The Morgan fingerprint density at radius 3 is 2.52 bits per heavy atom. The molecule has 0 spiro atoms. The molecule has 0 aliphatic rings. The van der Waals surface area contributed by atoms with Crippen LogP contribution in [0.5, 0.6) is 0 Å². The molecule has 0 aliphatic carbocycles. The van der Waals surface area contributed by atoms with E-state index in [9.17, 15) is 0 Å². The van der Waals surface area contributed by atoms with Gasteiger partial charge in [-0.25, -0.2) is 9.97 Å². The van der Waals surface area contributed by atoms with Crippen molar-refractivity contribution in [1.82, 2.24) is 14.9 Å². The quantitative estimate of drug-likeness (QED) is 0.819. The minimum absolute atomic E-state index is 0.204. The van der Waals surface area contributed by atoms with Crippen LogP contribution in [-0.4, -0.2) is 42.1 Å². The third-order valence-corrected chi connectivity index (χ3v) is 3.20. The van der Waals surface area contributed by atoms with Crippen molar-refractivity contribution in [2.24, 2.45) is 0 Å². The minimum Gasteiger partial charge on any atom is -0.369 e. The fourth-order valence-electron chi connectivity index (χ4n) is 1.99. The molecule has 0 bridgehead atoms. The van der Waals surface area contributed by atoms with E-state index in [1.54, 1.807) is 6.33 Å². The van der Waals surface area contributed by atoms with E-state index in [1.807, 2.05) is 24.3 Å². The number of likely N-dealkylation sites (N-methyl/N-ethyl adjacent to an activating group) is 1. The summed E-state index contributed by atoms with van der Waals surface area (Å²) in [7, 11) is 4.10. The number of anilines is 2. The second-order valence-electron chi connectivity index (χ2n) is 5.30. The molecule has 0 saturated carbocycles. The van der Waals surface area contributed by atoms with Gasteiger partial charge in [0.15, 0.2) is 0 Å². The van der Waals surface area contributed by atoms with Crippen molar-refractivity contribution in [3.05, 3.63) is 48.3 Å². The maximum Gasteiger partial charge on any atom is 0.131 e. The average molecular weight is 285 g/mol. The van der Waals surface area contributed by atoms with Gasteiger partial charge in [-0.05, 0) is 26.6 Å². The predicted molar refractivity (Wildman–Crippen MR) is 87.6 cm³/mol. The molecule has 0 fully saturated rings. The molecule has 0 amide bonds. The topological polar surface area (TPSA) is 53.1 Å². The first-order valence-electron chi connectivity index (χ1n) is 7.17. The number of nitrogens with one attached hydrogen (secondary N) is 2. The van der Waals surface area contributed by atoms with E-state index in [2.05, 4.69) is 58.7 Å². The number of aromatic nitrogens is 2. The zero-order valence-corrected chi connectivity index (χ0v) is 12.9. The van der Waals surface area contributed by atoms with Gasteiger partial charge in [-0.2, -0.15) is 0 Å². The summed E-state index contributed by atoms with van der Waals surface area (Å²) >= 11 is 0. The fourth-order valence-corrected chi connectivity index (χ4v) is 1.99. The van der Waals surface area contributed by atoms with E-state index >= 15 is 0 Å². The zero-order chi connectivity index (χ0) is 15.1. The van der Waals surface area contributed by atoms with Gasteiger partial charge in [0.25, 0.3) is 0 Å². The van der Waals surface area contributed by atoms with Gasteiger partial charge in [0.1, 0.15) is 18.0 Å². The van der Waals surface area contributed by atoms with Crippen molar-refractivity contribution in [2.45, 2.75) is 13.0 Å². The molecule has 1 aromatic carbocycles. The first-order chi connectivity index (χ1) is 10.1. The third kappa shape index (κ3) is 5.04. The van der Waals surface area contributed by atoms with E-state index in [1.165, 1.54) is 5.56 Å². The van der Waals surface area contributed by atoms with Crippen LogP contribution in [0, 0.1) is 0 Å². The van der Waals surface area contributed by atoms with E-state index < -0.39 is 0 Å². The van der Waals surface area contributed by atoms with Gasteiger partial charge >= 0.3 is 0 Å². The number of rotatable bonds is 7. The molecule has 0 radical (unpaired) electrons. The molecular weight excluding hydrogens is 262 g/mol. The van der Waals surface area contributed by atoms with Crippen LogP contribution in [-0.2, 0) is 0 Å². The Morgan fingerprint density at radius 1 is 1.10 bits per heavy atom. The summed E-state index contributed by atoms with van der Waals surface area (Å²) in [5.74, 6) is 1.67. The highest BCUT2D eigenvalue weighted by Crippen LogP contribution is 2.18. The van der Waals surface area contributed by atoms with Gasteiger partial charge in [0.2, 0.25) is 0 Å². The summed E-state index contributed by atoms with van der Waals surface area (Å²) in [6.07, 6.45) is 1.58. The smallest absolute Gasteiger partial charge is 0.131 e. The lowest BCUT2D eigenvalue weighted by atomic mass is 10.1. The summed E-state index contributed by atoms with van der Waals surface area (Å²) in [5.41, 5.74) is 1.23. The van der Waals surface area contributed by atoms with Crippen LogP contribution in [0.1, 0.15) is 18.5 Å². The Kier molecular flexibility index (Phi) is 5.51. The lowest BCUT2D eigenvalue weighted by molar-refractivity contribution is 0.425. The maximum absolute atomic E-state index is 4.28. The summed E-state index contributed by atoms with van der Waals surface area (Å²) < 4.78 is 0. The van der Waals surface area contributed by atoms with Crippen LogP contribution in [0.15, 0.2) is 42.7 Å². The average Bonchev–Trinajstić information content (AvgIpc) is 2.48. The Bertz CT molecular complexity index is 541. The molecule has 21 heavy (non-hydrogen) atoms. The van der Waals surface area contributed by atoms with Gasteiger partial charge < -0.3 is 15.5 Å². The largest absolute Gasteiger partial charge is 0.369 e. The van der Waals surface area contributed by atoms with Gasteiger partial charge in [0, 0.05) is 25.2 Å². The van der Waals surface area contributed by atoms with E-state index in [4.69, 9.17) is 0 Å². The van der Waals surface area contributed by atoms with Crippen molar-refractivity contribution in [1.29, 1.82) is 0 Å². The summed E-state index contributed by atoms with van der Waals surface area (Å²) in [4.78, 5) is 10.6. The molecule has 1 unspecified atom stereocenters. The summed E-state index contributed by atoms with van der Waals surface area (Å²) in [5, 5.41) is 6.69. The molecule has 5 heteroatoms. The first kappa shape index (κ1) is 15.3. The molecule has 1 atom stereocenters. The second kappa shape index (κ2) is 7.59. The monoisotopic (exact) mass is 285 g/mol. The summed E-state index contributed by atoms with van der Waals surface area (Å²) in [6, 6.07) is 12.5. The molecule has 2 aromatic rings. The van der Waals surface area contributed by atoms with Crippen molar-refractivity contribution in [3.8, 4) is 0 Å². The van der Waals surface area contributed by atoms with Crippen LogP contribution >= 0.6 is 0 Å². The van der Waals surface area contributed by atoms with Crippen LogP contribution in [0.2, 0.25) is 0 Å². The zero-order valence-electron chi connectivity index (χ0n) is 12.9. The number of hydrogen-bond acceptors (Lipinski definition) is 5. The first-order valence-corrected chi connectivity index (χ1v) is 7.17. The van der Waals surface area contributed by atoms with Gasteiger partial charge in [0.05, 0.1) is 0 Å². The SMILES string of the molecule is CC(Nc1cc(NCCN(C)C)ncn1)c1ccccc1. The molecule has 5 nitrogen and oxygen atoms in total. The lowest BCUT2D eigenvalue weighted by Crippen LogP contribution is -2.21. The van der Waals surface area contributed by atoms with Crippen molar-refractivity contribution in [3.63, 3.8) is 0 Å². The Labute approximate surface area is 126 Å². The number of benzene rings is 1. The molecule has 1 heterocycles. The minimum atomic E-state index is 0.204. The third-order valence-electron chi connectivity index (χ3n) is 3.20. The highest BCUT2D eigenvalue weighted by atomic mass is 15.1. The van der Waals surface area contributed by atoms with Gasteiger partial charge in [-0.1, -0.05) is 30.3 Å². The molecule has 0 aliphatic heterocycles. The molecule has 0 saturated heterocycles. The molecular formula is C16H23N5. The fraction of sp³-hybridized carbons (Fsp3) is 0.375. The Morgan fingerprint density at radius 2 is 1.81 bits per heavy atom. The van der Waals surface area contributed by atoms with Crippen molar-refractivity contribution >= 4 is 11.6 Å². The van der Waals surface area contributed by atoms with E-state index in [0.717, 1.165) is 24.7 Å². The number of nitrogens with zero attached hydrogens (tertiary/aromatic N) is 3. The molecule has 1 aromatic heterocycles. The lowest BCUT2D eigenvalue weighted by Gasteiger charge is -2.16. The highest BCUT2D eigenvalue weighted by molar-refractivity contribution is 5.47. The van der Waals surface area contributed by atoms with E-state index in [0.29, 0.717) is 0 Å². The normalized spacial score (nSPS) is 12.2.